The van der Waals surface area contributed by atoms with Gasteiger partial charge in [0.1, 0.15) is 11.7 Å². The van der Waals surface area contributed by atoms with E-state index in [-0.39, 0.29) is 42.4 Å². The zero-order valence-corrected chi connectivity index (χ0v) is 16.0. The Morgan fingerprint density at radius 1 is 1.17 bits per heavy atom. The molecule has 0 radical (unpaired) electrons. The predicted molar refractivity (Wildman–Crippen MR) is 104 cm³/mol. The van der Waals surface area contributed by atoms with Gasteiger partial charge < -0.3 is 21.3 Å². The molecule has 2 aliphatic rings. The SMILES string of the molecule is N=NC(C(N)=NC1CCC(OCCO)C1)C(N)=NC1CC1c1ccc(F)c(F)c1. The van der Waals surface area contributed by atoms with E-state index in [4.69, 9.17) is 26.8 Å². The lowest BCUT2D eigenvalue weighted by atomic mass is 10.1. The molecule has 0 amide bonds. The molecule has 2 saturated carbocycles. The summed E-state index contributed by atoms with van der Waals surface area (Å²) in [6, 6.07) is 2.62. The molecule has 0 spiro atoms. The van der Waals surface area contributed by atoms with Crippen molar-refractivity contribution in [2.45, 2.75) is 55.8 Å². The molecule has 0 heterocycles. The van der Waals surface area contributed by atoms with Gasteiger partial charge in [-0.3, -0.25) is 9.98 Å². The molecule has 6 N–H and O–H groups in total. The fraction of sp³-hybridized carbons (Fsp3) is 0.579. The highest BCUT2D eigenvalue weighted by Gasteiger charge is 2.39. The van der Waals surface area contributed by atoms with Crippen molar-refractivity contribution in [2.24, 2.45) is 26.6 Å². The molecule has 5 unspecified atom stereocenters. The van der Waals surface area contributed by atoms with Crippen LogP contribution in [0.25, 0.3) is 0 Å². The van der Waals surface area contributed by atoms with Crippen LogP contribution in [-0.4, -0.2) is 54.2 Å². The van der Waals surface area contributed by atoms with E-state index in [0.29, 0.717) is 25.0 Å². The zero-order chi connectivity index (χ0) is 21.0. The second-order valence-electron chi connectivity index (χ2n) is 7.41. The average Bonchev–Trinajstić information content (AvgIpc) is 3.30. The van der Waals surface area contributed by atoms with Gasteiger partial charge in [0.25, 0.3) is 0 Å². The topological polar surface area (TPSA) is 142 Å². The molecule has 2 fully saturated rings. The quantitative estimate of drug-likeness (QED) is 0.281. The van der Waals surface area contributed by atoms with Crippen LogP contribution in [0.2, 0.25) is 0 Å². The molecule has 29 heavy (non-hydrogen) atoms. The number of aliphatic hydroxyl groups excluding tert-OH is 1. The Balaban J connectivity index is 1.60. The molecular weight excluding hydrogens is 382 g/mol. The number of nitrogens with one attached hydrogen (secondary N) is 1. The minimum atomic E-state index is -0.946. The molecule has 3 rings (SSSR count). The summed E-state index contributed by atoms with van der Waals surface area (Å²) in [5.41, 5.74) is 20.1. The third kappa shape index (κ3) is 5.33. The van der Waals surface area contributed by atoms with Crippen molar-refractivity contribution in [3.63, 3.8) is 0 Å². The fourth-order valence-electron chi connectivity index (χ4n) is 3.66. The number of aliphatic hydroxyl groups is 1. The maximum absolute atomic E-state index is 13.4. The molecule has 10 heteroatoms. The minimum Gasteiger partial charge on any atom is -0.394 e. The molecule has 158 valence electrons. The van der Waals surface area contributed by atoms with Gasteiger partial charge >= 0.3 is 0 Å². The third-order valence-electron chi connectivity index (χ3n) is 5.27. The van der Waals surface area contributed by atoms with Crippen LogP contribution in [0.4, 0.5) is 8.78 Å². The molecule has 8 nitrogen and oxygen atoms in total. The van der Waals surface area contributed by atoms with E-state index in [0.717, 1.165) is 18.9 Å². The van der Waals surface area contributed by atoms with Gasteiger partial charge in [0.2, 0.25) is 0 Å². The Morgan fingerprint density at radius 2 is 1.93 bits per heavy atom. The van der Waals surface area contributed by atoms with Gasteiger partial charge in [0.15, 0.2) is 17.7 Å². The average molecular weight is 408 g/mol. The number of aliphatic imine (C=N–C) groups is 2. The lowest BCUT2D eigenvalue weighted by Crippen LogP contribution is -2.40. The Labute approximate surface area is 167 Å². The molecule has 0 saturated heterocycles. The standard InChI is InChI=1S/C19H26F2N6O2/c20-14-4-1-10(7-15(14)21)13-9-16(13)26-19(23)17(27-24)18(22)25-11-2-3-12(8-11)29-6-5-28/h1,4,7,11-13,16-17,24,28H,2-3,5-6,8-9H2,(H2,22,25)(H2,23,26). The maximum Gasteiger partial charge on any atom is 0.183 e. The van der Waals surface area contributed by atoms with Crippen molar-refractivity contribution in [3.8, 4) is 0 Å². The van der Waals surface area contributed by atoms with E-state index in [2.05, 4.69) is 15.1 Å². The molecule has 2 aliphatic carbocycles. The Kier molecular flexibility index (Phi) is 6.86. The first-order chi connectivity index (χ1) is 13.9. The molecule has 1 aromatic carbocycles. The highest BCUT2D eigenvalue weighted by atomic mass is 19.2. The molecular formula is C19H26F2N6O2. The first kappa shape index (κ1) is 21.3. The van der Waals surface area contributed by atoms with Gasteiger partial charge in [-0.25, -0.2) is 14.3 Å². The van der Waals surface area contributed by atoms with Gasteiger partial charge in [0, 0.05) is 5.92 Å². The van der Waals surface area contributed by atoms with Gasteiger partial charge in [0.05, 0.1) is 31.4 Å². The number of nitrogens with two attached hydrogens (primary N) is 2. The first-order valence-electron chi connectivity index (χ1n) is 9.63. The van der Waals surface area contributed by atoms with E-state index < -0.39 is 17.7 Å². The zero-order valence-electron chi connectivity index (χ0n) is 16.0. The number of rotatable bonds is 9. The van der Waals surface area contributed by atoms with Gasteiger partial charge in [-0.1, -0.05) is 6.07 Å². The fourth-order valence-corrected chi connectivity index (χ4v) is 3.66. The lowest BCUT2D eigenvalue weighted by Gasteiger charge is -2.13. The summed E-state index contributed by atoms with van der Waals surface area (Å²) in [5.74, 6) is -1.62. The van der Waals surface area contributed by atoms with Crippen LogP contribution in [0.5, 0.6) is 0 Å². The van der Waals surface area contributed by atoms with E-state index in [1.807, 2.05) is 0 Å². The van der Waals surface area contributed by atoms with Crippen molar-refractivity contribution < 1.29 is 18.6 Å². The predicted octanol–water partition coefficient (Wildman–Crippen LogP) is 1.86. The number of nitrogens with zero attached hydrogens (tertiary/aromatic N) is 3. The Hall–Kier alpha value is -2.46. The van der Waals surface area contributed by atoms with Crippen molar-refractivity contribution in [2.75, 3.05) is 13.2 Å². The van der Waals surface area contributed by atoms with E-state index in [1.54, 1.807) is 0 Å². The highest BCUT2D eigenvalue weighted by molar-refractivity contribution is 6.08. The number of hydrogen-bond donors (Lipinski definition) is 4. The number of benzene rings is 1. The van der Waals surface area contributed by atoms with Crippen molar-refractivity contribution in [1.29, 1.82) is 5.53 Å². The summed E-state index contributed by atoms with van der Waals surface area (Å²) in [6.45, 7) is 0.271. The largest absolute Gasteiger partial charge is 0.394 e. The molecule has 5 atom stereocenters. The van der Waals surface area contributed by atoms with Crippen molar-refractivity contribution >= 4 is 11.7 Å². The summed E-state index contributed by atoms with van der Waals surface area (Å²) in [7, 11) is 0. The summed E-state index contributed by atoms with van der Waals surface area (Å²) >= 11 is 0. The molecule has 0 aromatic heterocycles. The molecule has 0 bridgehead atoms. The summed E-state index contributed by atoms with van der Waals surface area (Å²) in [6.07, 6.45) is 2.98. The number of hydrogen-bond acceptors (Lipinski definition) is 6. The maximum atomic E-state index is 13.4. The molecule has 0 aliphatic heterocycles. The van der Waals surface area contributed by atoms with Gasteiger partial charge in [-0.05, 0) is 43.4 Å². The van der Waals surface area contributed by atoms with E-state index >= 15 is 0 Å². The highest BCUT2D eigenvalue weighted by Crippen LogP contribution is 2.43. The van der Waals surface area contributed by atoms with E-state index in [1.165, 1.54) is 12.1 Å². The van der Waals surface area contributed by atoms with Crippen LogP contribution in [0, 0.1) is 17.2 Å². The van der Waals surface area contributed by atoms with Gasteiger partial charge in [-0.2, -0.15) is 5.11 Å². The summed E-state index contributed by atoms with van der Waals surface area (Å²) < 4.78 is 32.0. The van der Waals surface area contributed by atoms with Crippen LogP contribution in [0.3, 0.4) is 0 Å². The third-order valence-corrected chi connectivity index (χ3v) is 5.27. The number of ether oxygens (including phenoxy) is 1. The van der Waals surface area contributed by atoms with Crippen LogP contribution in [0.1, 0.15) is 37.2 Å². The Bertz CT molecular complexity index is 803. The van der Waals surface area contributed by atoms with Crippen molar-refractivity contribution in [3.05, 3.63) is 35.4 Å². The van der Waals surface area contributed by atoms with Crippen LogP contribution in [0.15, 0.2) is 33.3 Å². The first-order valence-corrected chi connectivity index (χ1v) is 9.63. The monoisotopic (exact) mass is 408 g/mol. The van der Waals surface area contributed by atoms with Gasteiger partial charge in [-0.15, -0.1) is 0 Å². The van der Waals surface area contributed by atoms with Crippen LogP contribution < -0.4 is 11.5 Å². The summed E-state index contributed by atoms with van der Waals surface area (Å²) in [4.78, 5) is 8.81. The smallest absolute Gasteiger partial charge is 0.183 e. The second kappa shape index (κ2) is 9.36. The normalized spacial score (nSPS) is 28.4. The van der Waals surface area contributed by atoms with Crippen LogP contribution in [-0.2, 0) is 4.74 Å². The molecule has 1 aromatic rings. The summed E-state index contributed by atoms with van der Waals surface area (Å²) in [5, 5.41) is 12.3. The number of amidine groups is 2. The second-order valence-corrected chi connectivity index (χ2v) is 7.41. The number of halogens is 2. The van der Waals surface area contributed by atoms with Crippen LogP contribution >= 0.6 is 0 Å². The van der Waals surface area contributed by atoms with Crippen molar-refractivity contribution in [1.82, 2.24) is 0 Å². The minimum absolute atomic E-state index is 0.0217. The van der Waals surface area contributed by atoms with E-state index in [9.17, 15) is 8.78 Å². The Morgan fingerprint density at radius 3 is 2.62 bits per heavy atom. The lowest BCUT2D eigenvalue weighted by molar-refractivity contribution is 0.0324.